The van der Waals surface area contributed by atoms with Gasteiger partial charge in [0.25, 0.3) is 0 Å². The summed E-state index contributed by atoms with van der Waals surface area (Å²) in [6.45, 7) is 2.73. The Hall–Kier alpha value is -1.60. The fourth-order valence-corrected chi connectivity index (χ4v) is 1.38. The van der Waals surface area contributed by atoms with Crippen molar-refractivity contribution < 1.29 is 27.8 Å². The highest BCUT2D eigenvalue weighted by molar-refractivity contribution is 5.73. The quantitative estimate of drug-likeness (QED) is 0.893. The Morgan fingerprint density at radius 1 is 1.35 bits per heavy atom. The van der Waals surface area contributed by atoms with Crippen molar-refractivity contribution >= 4 is 5.97 Å². The molecule has 1 saturated heterocycles. The van der Waals surface area contributed by atoms with Crippen molar-refractivity contribution in [1.82, 2.24) is 5.32 Å². The van der Waals surface area contributed by atoms with Crippen molar-refractivity contribution in [2.45, 2.75) is 25.2 Å². The number of ether oxygens (including phenoxy) is 1. The van der Waals surface area contributed by atoms with Crippen LogP contribution in [0.15, 0.2) is 30.3 Å². The van der Waals surface area contributed by atoms with E-state index in [-0.39, 0.29) is 0 Å². The first-order chi connectivity index (χ1) is 9.39. The lowest BCUT2D eigenvalue weighted by Gasteiger charge is -2.27. The maximum Gasteiger partial charge on any atom is 0.490 e. The summed E-state index contributed by atoms with van der Waals surface area (Å²) >= 11 is 0. The van der Waals surface area contributed by atoms with Crippen molar-refractivity contribution in [1.29, 1.82) is 0 Å². The van der Waals surface area contributed by atoms with Crippen LogP contribution >= 0.6 is 0 Å². The van der Waals surface area contributed by atoms with Crippen LogP contribution in [0.1, 0.15) is 12.0 Å². The minimum atomic E-state index is -5.08. The number of benzene rings is 1. The molecule has 1 aromatic rings. The van der Waals surface area contributed by atoms with Crippen molar-refractivity contribution in [2.75, 3.05) is 13.2 Å². The summed E-state index contributed by atoms with van der Waals surface area (Å²) in [5, 5.41) is 10.4. The van der Waals surface area contributed by atoms with Gasteiger partial charge in [-0.1, -0.05) is 30.3 Å². The van der Waals surface area contributed by atoms with E-state index in [2.05, 4.69) is 17.4 Å². The molecule has 0 amide bonds. The van der Waals surface area contributed by atoms with Crippen LogP contribution in [-0.4, -0.2) is 36.4 Å². The summed E-state index contributed by atoms with van der Waals surface area (Å²) in [5.74, 6) is -2.76. The molecule has 1 aromatic carbocycles. The molecule has 4 nitrogen and oxygen atoms in total. The van der Waals surface area contributed by atoms with Gasteiger partial charge in [-0.05, 0) is 18.5 Å². The average molecular weight is 291 g/mol. The molecule has 1 aliphatic rings. The third kappa shape index (κ3) is 6.53. The van der Waals surface area contributed by atoms with Gasteiger partial charge in [-0.15, -0.1) is 0 Å². The van der Waals surface area contributed by atoms with Gasteiger partial charge in [0.2, 0.25) is 0 Å². The summed E-state index contributed by atoms with van der Waals surface area (Å²) in [5.41, 5.74) is 1.25. The summed E-state index contributed by atoms with van der Waals surface area (Å²) < 4.78 is 37.3. The van der Waals surface area contributed by atoms with E-state index in [0.29, 0.717) is 6.04 Å². The van der Waals surface area contributed by atoms with Gasteiger partial charge in [0.05, 0.1) is 13.2 Å². The summed E-state index contributed by atoms with van der Waals surface area (Å²) in [4.78, 5) is 8.90. The lowest BCUT2D eigenvalue weighted by molar-refractivity contribution is -0.192. The Kier molecular flexibility index (Phi) is 6.47. The largest absolute Gasteiger partial charge is 0.490 e. The number of rotatable bonds is 4. The van der Waals surface area contributed by atoms with E-state index in [1.54, 1.807) is 0 Å². The SMILES string of the molecule is O=C(O)C(F)(F)F.c1ccc(COCC2CCN2)cc1. The van der Waals surface area contributed by atoms with E-state index < -0.39 is 12.1 Å². The van der Waals surface area contributed by atoms with E-state index in [9.17, 15) is 13.2 Å². The second-order valence-electron chi connectivity index (χ2n) is 4.24. The highest BCUT2D eigenvalue weighted by Crippen LogP contribution is 2.13. The number of nitrogens with one attached hydrogen (secondary N) is 1. The van der Waals surface area contributed by atoms with Gasteiger partial charge in [-0.3, -0.25) is 0 Å². The van der Waals surface area contributed by atoms with Gasteiger partial charge >= 0.3 is 12.1 Å². The number of hydrogen-bond acceptors (Lipinski definition) is 3. The molecule has 0 aliphatic carbocycles. The molecule has 1 atom stereocenters. The zero-order valence-electron chi connectivity index (χ0n) is 10.7. The molecule has 0 bridgehead atoms. The standard InChI is InChI=1S/C11H15NO.C2HF3O2/c1-2-4-10(5-3-1)8-13-9-11-6-7-12-11;3-2(4,5)1(6)7/h1-5,11-12H,6-9H2;(H,6,7). The molecular formula is C13H16F3NO3. The maximum absolute atomic E-state index is 10.6. The molecule has 1 fully saturated rings. The van der Waals surface area contributed by atoms with Crippen LogP contribution in [0, 0.1) is 0 Å². The van der Waals surface area contributed by atoms with Crippen molar-refractivity contribution in [3.63, 3.8) is 0 Å². The summed E-state index contributed by atoms with van der Waals surface area (Å²) in [7, 11) is 0. The Balaban J connectivity index is 0.000000246. The van der Waals surface area contributed by atoms with Crippen LogP contribution < -0.4 is 5.32 Å². The molecule has 0 radical (unpaired) electrons. The first kappa shape index (κ1) is 16.5. The van der Waals surface area contributed by atoms with Crippen LogP contribution in [-0.2, 0) is 16.1 Å². The number of aliphatic carboxylic acids is 1. The molecule has 1 aliphatic heterocycles. The number of hydrogen-bond donors (Lipinski definition) is 2. The van der Waals surface area contributed by atoms with E-state index >= 15 is 0 Å². The molecule has 0 aromatic heterocycles. The minimum absolute atomic E-state index is 0.601. The van der Waals surface area contributed by atoms with Crippen LogP contribution in [0.25, 0.3) is 0 Å². The second kappa shape index (κ2) is 7.86. The number of halogens is 3. The summed E-state index contributed by atoms with van der Waals surface area (Å²) in [6, 6.07) is 10.9. The van der Waals surface area contributed by atoms with Gasteiger partial charge in [0.15, 0.2) is 0 Å². The molecule has 20 heavy (non-hydrogen) atoms. The van der Waals surface area contributed by atoms with Crippen molar-refractivity contribution in [3.05, 3.63) is 35.9 Å². The normalized spacial score (nSPS) is 17.6. The Labute approximate surface area is 114 Å². The highest BCUT2D eigenvalue weighted by Gasteiger charge is 2.38. The van der Waals surface area contributed by atoms with Crippen LogP contribution in [0.5, 0.6) is 0 Å². The van der Waals surface area contributed by atoms with Crippen LogP contribution in [0.4, 0.5) is 13.2 Å². The van der Waals surface area contributed by atoms with Gasteiger partial charge in [0, 0.05) is 6.04 Å². The zero-order valence-corrected chi connectivity index (χ0v) is 10.7. The third-order valence-electron chi connectivity index (χ3n) is 2.60. The van der Waals surface area contributed by atoms with Gasteiger partial charge in [-0.2, -0.15) is 13.2 Å². The minimum Gasteiger partial charge on any atom is -0.475 e. The predicted octanol–water partition coefficient (Wildman–Crippen LogP) is 2.20. The predicted molar refractivity (Wildman–Crippen MR) is 66.2 cm³/mol. The monoisotopic (exact) mass is 291 g/mol. The first-order valence-corrected chi connectivity index (χ1v) is 6.04. The van der Waals surface area contributed by atoms with Gasteiger partial charge < -0.3 is 15.2 Å². The van der Waals surface area contributed by atoms with Gasteiger partial charge in [-0.25, -0.2) is 4.79 Å². The van der Waals surface area contributed by atoms with Gasteiger partial charge in [0.1, 0.15) is 0 Å². The van der Waals surface area contributed by atoms with E-state index in [1.165, 1.54) is 12.0 Å². The Morgan fingerprint density at radius 2 is 1.90 bits per heavy atom. The van der Waals surface area contributed by atoms with E-state index in [0.717, 1.165) is 19.8 Å². The number of carboxylic acid groups (broad SMARTS) is 1. The molecule has 0 spiro atoms. The summed E-state index contributed by atoms with van der Waals surface area (Å²) in [6.07, 6.45) is -3.82. The molecule has 112 valence electrons. The molecule has 2 N–H and O–H groups in total. The fraction of sp³-hybridized carbons (Fsp3) is 0.462. The molecular weight excluding hydrogens is 275 g/mol. The molecule has 0 saturated carbocycles. The molecule has 2 rings (SSSR count). The molecule has 1 unspecified atom stereocenters. The molecule has 1 heterocycles. The Bertz CT molecular complexity index is 405. The van der Waals surface area contributed by atoms with E-state index in [4.69, 9.17) is 14.6 Å². The lowest BCUT2D eigenvalue weighted by atomic mass is 10.1. The smallest absolute Gasteiger partial charge is 0.475 e. The lowest BCUT2D eigenvalue weighted by Crippen LogP contribution is -2.45. The fourth-order valence-electron chi connectivity index (χ4n) is 1.38. The highest BCUT2D eigenvalue weighted by atomic mass is 19.4. The first-order valence-electron chi connectivity index (χ1n) is 6.04. The van der Waals surface area contributed by atoms with Crippen LogP contribution in [0.3, 0.4) is 0 Å². The van der Waals surface area contributed by atoms with Crippen molar-refractivity contribution in [3.8, 4) is 0 Å². The zero-order chi connectivity index (χ0) is 15.0. The maximum atomic E-state index is 10.6. The number of carbonyl (C=O) groups is 1. The Morgan fingerprint density at radius 3 is 2.30 bits per heavy atom. The average Bonchev–Trinajstić information content (AvgIpc) is 2.33. The topological polar surface area (TPSA) is 58.6 Å². The molecule has 7 heteroatoms. The third-order valence-corrected chi connectivity index (χ3v) is 2.60. The number of alkyl halides is 3. The number of carboxylic acids is 1. The van der Waals surface area contributed by atoms with Crippen LogP contribution in [0.2, 0.25) is 0 Å². The second-order valence-corrected chi connectivity index (χ2v) is 4.24. The van der Waals surface area contributed by atoms with Crippen molar-refractivity contribution in [2.24, 2.45) is 0 Å². The van der Waals surface area contributed by atoms with E-state index in [1.807, 2.05) is 18.2 Å².